The van der Waals surface area contributed by atoms with E-state index in [-0.39, 0.29) is 19.1 Å². The Morgan fingerprint density at radius 1 is 0.541 bits per heavy atom. The van der Waals surface area contributed by atoms with E-state index in [2.05, 4.69) is 55.6 Å². The molecule has 0 saturated heterocycles. The number of hydrogen-bond donors (Lipinski definition) is 3. The summed E-state index contributed by atoms with van der Waals surface area (Å²) in [4.78, 5) is 23.2. The minimum absolute atomic E-state index is 0.0520. The van der Waals surface area contributed by atoms with Crippen molar-refractivity contribution < 1.29 is 32.9 Å². The number of allylic oxidation sites excluding steroid dienone is 7. The zero-order valence-corrected chi connectivity index (χ0v) is 41.5. The van der Waals surface area contributed by atoms with Crippen molar-refractivity contribution in [3.63, 3.8) is 0 Å². The van der Waals surface area contributed by atoms with Crippen molar-refractivity contribution in [2.24, 2.45) is 0 Å². The van der Waals surface area contributed by atoms with Crippen LogP contribution in [0.2, 0.25) is 0 Å². The van der Waals surface area contributed by atoms with E-state index < -0.39 is 20.0 Å². The molecule has 358 valence electrons. The average Bonchev–Trinajstić information content (AvgIpc) is 3.21. The standard InChI is InChI=1S/C52H99N2O6P/c1-6-8-10-12-14-16-18-20-22-24-26-27-28-30-32-34-36-38-40-42-44-46-52(56)53-50(49-60-61(57,58)59-48-47-54(3,4)5)51(55)45-43-41-39-37-35-33-31-29-25-23-21-19-17-15-13-11-9-7-2/h25,27-29,35,37,43,45,50-51,55H,6-24,26,30-34,36,38-42,44,46-49H2,1-5H3,(H-,53,56,57,58)/p+1/b28-27-,29-25+,37-35+,45-43+. The molecular formula is C52H100N2O6P+. The van der Waals surface area contributed by atoms with Gasteiger partial charge in [-0.25, -0.2) is 4.57 Å². The number of hydrogen-bond acceptors (Lipinski definition) is 5. The first-order chi connectivity index (χ1) is 29.5. The predicted octanol–water partition coefficient (Wildman–Crippen LogP) is 14.8. The second kappa shape index (κ2) is 43.7. The molecule has 0 spiro atoms. The Morgan fingerprint density at radius 2 is 0.902 bits per heavy atom. The zero-order valence-electron chi connectivity index (χ0n) is 40.7. The van der Waals surface area contributed by atoms with E-state index in [1.807, 2.05) is 27.2 Å². The number of aliphatic hydroxyl groups excluding tert-OH is 1. The number of carbonyl (C=O) groups excluding carboxylic acids is 1. The van der Waals surface area contributed by atoms with Gasteiger partial charge in [-0.1, -0.05) is 197 Å². The van der Waals surface area contributed by atoms with Crippen LogP contribution in [0.3, 0.4) is 0 Å². The van der Waals surface area contributed by atoms with Crippen LogP contribution in [0.1, 0.15) is 226 Å². The van der Waals surface area contributed by atoms with E-state index in [1.54, 1.807) is 6.08 Å². The summed E-state index contributed by atoms with van der Waals surface area (Å²) in [6.07, 6.45) is 56.2. The molecule has 0 aliphatic heterocycles. The quantitative estimate of drug-likeness (QED) is 0.0243. The maximum Gasteiger partial charge on any atom is 0.472 e. The molecule has 3 unspecified atom stereocenters. The highest BCUT2D eigenvalue weighted by Crippen LogP contribution is 2.43. The van der Waals surface area contributed by atoms with Crippen LogP contribution in [-0.4, -0.2) is 73.4 Å². The fraction of sp³-hybridized carbons (Fsp3) is 0.827. The number of nitrogens with zero attached hydrogens (tertiary/aromatic N) is 1. The van der Waals surface area contributed by atoms with Crippen LogP contribution in [0, 0.1) is 0 Å². The normalized spacial score (nSPS) is 14.5. The Morgan fingerprint density at radius 3 is 1.31 bits per heavy atom. The zero-order chi connectivity index (χ0) is 45.0. The molecule has 61 heavy (non-hydrogen) atoms. The number of quaternary nitrogens is 1. The summed E-state index contributed by atoms with van der Waals surface area (Å²) in [7, 11) is 1.54. The highest BCUT2D eigenvalue weighted by Gasteiger charge is 2.27. The van der Waals surface area contributed by atoms with Crippen LogP contribution in [-0.2, 0) is 18.4 Å². The Labute approximate surface area is 378 Å². The Hall–Kier alpha value is -1.54. The number of aliphatic hydroxyl groups is 1. The van der Waals surface area contributed by atoms with Gasteiger partial charge in [-0.3, -0.25) is 13.8 Å². The van der Waals surface area contributed by atoms with Crippen molar-refractivity contribution in [2.75, 3.05) is 40.9 Å². The summed E-state index contributed by atoms with van der Waals surface area (Å²) in [6.45, 7) is 4.79. The molecule has 0 aliphatic carbocycles. The van der Waals surface area contributed by atoms with Crippen LogP contribution in [0.25, 0.3) is 0 Å². The van der Waals surface area contributed by atoms with E-state index in [9.17, 15) is 19.4 Å². The van der Waals surface area contributed by atoms with Crippen molar-refractivity contribution in [3.05, 3.63) is 48.6 Å². The second-order valence-corrected chi connectivity index (χ2v) is 20.0. The lowest BCUT2D eigenvalue weighted by atomic mass is 10.1. The number of unbranched alkanes of at least 4 members (excludes halogenated alkanes) is 27. The third-order valence-electron chi connectivity index (χ3n) is 11.2. The van der Waals surface area contributed by atoms with Crippen LogP contribution < -0.4 is 5.32 Å². The Kier molecular flexibility index (Phi) is 42.6. The van der Waals surface area contributed by atoms with E-state index in [1.165, 1.54) is 161 Å². The van der Waals surface area contributed by atoms with Gasteiger partial charge in [0, 0.05) is 6.42 Å². The molecule has 3 N–H and O–H groups in total. The molecule has 0 radical (unpaired) electrons. The monoisotopic (exact) mass is 880 g/mol. The second-order valence-electron chi connectivity index (χ2n) is 18.5. The van der Waals surface area contributed by atoms with Crippen molar-refractivity contribution in [1.29, 1.82) is 0 Å². The van der Waals surface area contributed by atoms with Crippen LogP contribution in [0.5, 0.6) is 0 Å². The number of rotatable bonds is 46. The van der Waals surface area contributed by atoms with Crippen molar-refractivity contribution in [3.8, 4) is 0 Å². The van der Waals surface area contributed by atoms with E-state index in [0.717, 1.165) is 44.9 Å². The fourth-order valence-corrected chi connectivity index (χ4v) is 7.92. The molecule has 8 nitrogen and oxygen atoms in total. The molecule has 0 aliphatic rings. The first-order valence-electron chi connectivity index (χ1n) is 25.5. The van der Waals surface area contributed by atoms with Gasteiger partial charge >= 0.3 is 7.82 Å². The molecule has 0 fully saturated rings. The average molecular weight is 880 g/mol. The molecule has 0 aromatic carbocycles. The summed E-state index contributed by atoms with van der Waals surface area (Å²) in [6, 6.07) is -0.872. The Bertz CT molecular complexity index is 1130. The lowest BCUT2D eigenvalue weighted by Gasteiger charge is -2.25. The summed E-state index contributed by atoms with van der Waals surface area (Å²) in [5, 5.41) is 13.9. The maximum atomic E-state index is 12.9. The molecule has 0 aromatic rings. The summed E-state index contributed by atoms with van der Waals surface area (Å²) in [5.41, 5.74) is 0. The summed E-state index contributed by atoms with van der Waals surface area (Å²) >= 11 is 0. The minimum Gasteiger partial charge on any atom is -0.387 e. The molecule has 0 heterocycles. The lowest BCUT2D eigenvalue weighted by Crippen LogP contribution is -2.45. The fourth-order valence-electron chi connectivity index (χ4n) is 7.19. The van der Waals surface area contributed by atoms with Crippen LogP contribution in [0.4, 0.5) is 0 Å². The van der Waals surface area contributed by atoms with E-state index >= 15 is 0 Å². The molecule has 0 saturated carbocycles. The SMILES string of the molecule is CCCCCCCCCC/C=C/CC/C=C/CC/C=C/C(O)C(COP(=O)(O)OCC[N+](C)(C)C)NC(=O)CCCCCCCCC/C=C\CCCCCCCCCCCC. The molecule has 3 atom stereocenters. The third-order valence-corrected chi connectivity index (χ3v) is 12.2. The molecule has 0 rings (SSSR count). The highest BCUT2D eigenvalue weighted by molar-refractivity contribution is 7.47. The van der Waals surface area contributed by atoms with Gasteiger partial charge in [0.05, 0.1) is 39.9 Å². The number of nitrogens with one attached hydrogen (secondary N) is 1. The summed E-state index contributed by atoms with van der Waals surface area (Å²) < 4.78 is 23.6. The predicted molar refractivity (Wildman–Crippen MR) is 263 cm³/mol. The smallest absolute Gasteiger partial charge is 0.387 e. The van der Waals surface area contributed by atoms with Crippen molar-refractivity contribution in [2.45, 2.75) is 238 Å². The van der Waals surface area contributed by atoms with Gasteiger partial charge in [0.25, 0.3) is 0 Å². The summed E-state index contributed by atoms with van der Waals surface area (Å²) in [5.74, 6) is -0.195. The molecule has 1 amide bonds. The number of likely N-dealkylation sites (N-methyl/N-ethyl adjacent to an activating group) is 1. The largest absolute Gasteiger partial charge is 0.472 e. The van der Waals surface area contributed by atoms with Gasteiger partial charge < -0.3 is 19.8 Å². The van der Waals surface area contributed by atoms with Gasteiger partial charge in [0.1, 0.15) is 13.2 Å². The van der Waals surface area contributed by atoms with E-state index in [0.29, 0.717) is 17.4 Å². The highest BCUT2D eigenvalue weighted by atomic mass is 31.2. The topological polar surface area (TPSA) is 105 Å². The number of carbonyl (C=O) groups is 1. The van der Waals surface area contributed by atoms with Gasteiger partial charge in [-0.05, 0) is 70.6 Å². The van der Waals surface area contributed by atoms with Gasteiger partial charge in [0.2, 0.25) is 5.91 Å². The van der Waals surface area contributed by atoms with Crippen molar-refractivity contribution >= 4 is 13.7 Å². The minimum atomic E-state index is -4.36. The lowest BCUT2D eigenvalue weighted by molar-refractivity contribution is -0.870. The molecule has 0 aromatic heterocycles. The first-order valence-corrected chi connectivity index (χ1v) is 27.0. The molecule has 9 heteroatoms. The van der Waals surface area contributed by atoms with E-state index in [4.69, 9.17) is 9.05 Å². The molecular weight excluding hydrogens is 780 g/mol. The first kappa shape index (κ1) is 59.5. The van der Waals surface area contributed by atoms with Crippen LogP contribution >= 0.6 is 7.82 Å². The van der Waals surface area contributed by atoms with Gasteiger partial charge in [0.15, 0.2) is 0 Å². The Balaban J connectivity index is 4.39. The van der Waals surface area contributed by atoms with Gasteiger partial charge in [-0.15, -0.1) is 0 Å². The van der Waals surface area contributed by atoms with Gasteiger partial charge in [-0.2, -0.15) is 0 Å². The molecule has 0 bridgehead atoms. The number of phosphoric acid groups is 1. The third kappa shape index (κ3) is 46.3. The number of phosphoric ester groups is 1. The maximum absolute atomic E-state index is 12.9. The van der Waals surface area contributed by atoms with Crippen LogP contribution in [0.15, 0.2) is 48.6 Å². The number of amides is 1. The van der Waals surface area contributed by atoms with Crippen molar-refractivity contribution in [1.82, 2.24) is 5.32 Å².